The molecule has 0 aromatic heterocycles. The van der Waals surface area contributed by atoms with Crippen LogP contribution in [0.3, 0.4) is 0 Å². The first-order chi connectivity index (χ1) is 8.23. The standard InChI is InChI=1S/C12H20N2O3S/c1-11(2,3)17-13-10(16)8-7-18-12(4)6-5-9(15)14(8)12/h8H,5-7H2,1-4H3,(H,13,16). The topological polar surface area (TPSA) is 58.6 Å². The van der Waals surface area contributed by atoms with Gasteiger partial charge in [-0.3, -0.25) is 14.4 Å². The molecule has 2 aliphatic rings. The number of nitrogens with zero attached hydrogens (tertiary/aromatic N) is 1. The second-order valence-electron chi connectivity index (χ2n) is 5.95. The van der Waals surface area contributed by atoms with Gasteiger partial charge in [-0.05, 0) is 34.1 Å². The lowest BCUT2D eigenvalue weighted by Crippen LogP contribution is -2.51. The van der Waals surface area contributed by atoms with Gasteiger partial charge in [0.1, 0.15) is 6.04 Å². The van der Waals surface area contributed by atoms with Crippen LogP contribution in [0.25, 0.3) is 0 Å². The zero-order valence-electron chi connectivity index (χ0n) is 11.3. The molecule has 0 radical (unpaired) electrons. The molecule has 2 atom stereocenters. The van der Waals surface area contributed by atoms with Crippen LogP contribution >= 0.6 is 11.8 Å². The number of nitrogens with one attached hydrogen (secondary N) is 1. The van der Waals surface area contributed by atoms with Gasteiger partial charge in [-0.1, -0.05) is 0 Å². The highest BCUT2D eigenvalue weighted by Crippen LogP contribution is 2.47. The molecule has 0 bridgehead atoms. The number of amides is 2. The molecule has 18 heavy (non-hydrogen) atoms. The molecule has 2 heterocycles. The minimum absolute atomic E-state index is 0.0680. The largest absolute Gasteiger partial charge is 0.315 e. The van der Waals surface area contributed by atoms with Crippen LogP contribution in [0.5, 0.6) is 0 Å². The molecule has 0 spiro atoms. The van der Waals surface area contributed by atoms with E-state index >= 15 is 0 Å². The Kier molecular flexibility index (Phi) is 3.36. The summed E-state index contributed by atoms with van der Waals surface area (Å²) in [5.74, 6) is 0.483. The quantitative estimate of drug-likeness (QED) is 0.770. The van der Waals surface area contributed by atoms with Crippen LogP contribution in [0, 0.1) is 0 Å². The molecule has 5 nitrogen and oxygen atoms in total. The van der Waals surface area contributed by atoms with E-state index in [0.29, 0.717) is 12.2 Å². The lowest BCUT2D eigenvalue weighted by atomic mass is 10.2. The van der Waals surface area contributed by atoms with E-state index in [9.17, 15) is 9.59 Å². The number of hydrogen-bond acceptors (Lipinski definition) is 4. The first-order valence-electron chi connectivity index (χ1n) is 6.17. The first kappa shape index (κ1) is 13.7. The van der Waals surface area contributed by atoms with E-state index < -0.39 is 11.6 Å². The summed E-state index contributed by atoms with van der Waals surface area (Å²) in [6.45, 7) is 7.62. The molecule has 2 fully saturated rings. The number of carbonyl (C=O) groups excluding carboxylic acids is 2. The minimum Gasteiger partial charge on any atom is -0.315 e. The van der Waals surface area contributed by atoms with Gasteiger partial charge >= 0.3 is 0 Å². The maximum Gasteiger partial charge on any atom is 0.267 e. The van der Waals surface area contributed by atoms with Crippen LogP contribution in [0.4, 0.5) is 0 Å². The summed E-state index contributed by atoms with van der Waals surface area (Å²) in [5.41, 5.74) is 2.04. The Morgan fingerprint density at radius 1 is 1.56 bits per heavy atom. The Hall–Kier alpha value is -0.750. The Morgan fingerprint density at radius 2 is 2.22 bits per heavy atom. The number of fused-ring (bicyclic) bond motifs is 1. The number of thioether (sulfide) groups is 1. The third-order valence-corrected chi connectivity index (χ3v) is 4.71. The summed E-state index contributed by atoms with van der Waals surface area (Å²) in [7, 11) is 0. The zero-order chi connectivity index (χ0) is 13.6. The van der Waals surface area contributed by atoms with Crippen molar-refractivity contribution in [1.29, 1.82) is 0 Å². The van der Waals surface area contributed by atoms with Crippen molar-refractivity contribution in [2.75, 3.05) is 5.75 Å². The lowest BCUT2D eigenvalue weighted by Gasteiger charge is -2.30. The third-order valence-electron chi connectivity index (χ3n) is 3.21. The fraction of sp³-hybridized carbons (Fsp3) is 0.833. The monoisotopic (exact) mass is 272 g/mol. The zero-order valence-corrected chi connectivity index (χ0v) is 12.1. The Bertz CT molecular complexity index is 380. The average molecular weight is 272 g/mol. The molecule has 2 saturated heterocycles. The van der Waals surface area contributed by atoms with Crippen molar-refractivity contribution in [2.45, 2.75) is 57.1 Å². The smallest absolute Gasteiger partial charge is 0.267 e. The van der Waals surface area contributed by atoms with Crippen LogP contribution < -0.4 is 5.48 Å². The maximum absolute atomic E-state index is 12.1. The summed E-state index contributed by atoms with van der Waals surface area (Å²) < 4.78 is 0. The Morgan fingerprint density at radius 3 is 2.83 bits per heavy atom. The average Bonchev–Trinajstić information content (AvgIpc) is 2.73. The molecular formula is C12H20N2O3S. The van der Waals surface area contributed by atoms with Crippen molar-refractivity contribution in [3.8, 4) is 0 Å². The normalized spacial score (nSPS) is 31.7. The molecule has 0 aromatic carbocycles. The van der Waals surface area contributed by atoms with E-state index in [1.165, 1.54) is 0 Å². The van der Waals surface area contributed by atoms with Gasteiger partial charge in [0.15, 0.2) is 0 Å². The molecule has 6 heteroatoms. The summed E-state index contributed by atoms with van der Waals surface area (Å²) in [6.07, 6.45) is 1.35. The number of hydroxylamine groups is 1. The summed E-state index contributed by atoms with van der Waals surface area (Å²) in [5, 5.41) is 0. The number of rotatable bonds is 2. The molecule has 0 saturated carbocycles. The van der Waals surface area contributed by atoms with Gasteiger partial charge in [-0.2, -0.15) is 0 Å². The van der Waals surface area contributed by atoms with Gasteiger partial charge in [0, 0.05) is 12.2 Å². The van der Waals surface area contributed by atoms with E-state index in [4.69, 9.17) is 4.84 Å². The molecule has 0 aromatic rings. The van der Waals surface area contributed by atoms with Gasteiger partial charge in [-0.25, -0.2) is 5.48 Å². The van der Waals surface area contributed by atoms with Crippen molar-refractivity contribution < 1.29 is 14.4 Å². The molecule has 1 N–H and O–H groups in total. The Balaban J connectivity index is 2.02. The molecule has 0 aliphatic carbocycles. The molecule has 2 unspecified atom stereocenters. The lowest BCUT2D eigenvalue weighted by molar-refractivity contribution is -0.153. The second kappa shape index (κ2) is 4.42. The molecule has 2 amide bonds. The van der Waals surface area contributed by atoms with Crippen LogP contribution in [0.1, 0.15) is 40.5 Å². The van der Waals surface area contributed by atoms with Gasteiger partial charge in [-0.15, -0.1) is 11.8 Å². The maximum atomic E-state index is 12.1. The van der Waals surface area contributed by atoms with Gasteiger partial charge in [0.05, 0.1) is 10.5 Å². The first-order valence-corrected chi connectivity index (χ1v) is 7.15. The van der Waals surface area contributed by atoms with Crippen molar-refractivity contribution >= 4 is 23.6 Å². The highest BCUT2D eigenvalue weighted by molar-refractivity contribution is 8.01. The van der Waals surface area contributed by atoms with Crippen LogP contribution in [-0.2, 0) is 14.4 Å². The SMILES string of the molecule is CC(C)(C)ONC(=O)C1CSC2(C)CCC(=O)N12. The van der Waals surface area contributed by atoms with E-state index in [1.54, 1.807) is 16.7 Å². The third kappa shape index (κ3) is 2.49. The van der Waals surface area contributed by atoms with E-state index in [0.717, 1.165) is 6.42 Å². The predicted octanol–water partition coefficient (Wildman–Crippen LogP) is 1.29. The predicted molar refractivity (Wildman–Crippen MR) is 69.7 cm³/mol. The van der Waals surface area contributed by atoms with Crippen molar-refractivity contribution in [2.24, 2.45) is 0 Å². The van der Waals surface area contributed by atoms with Gasteiger partial charge in [0.25, 0.3) is 5.91 Å². The van der Waals surface area contributed by atoms with Crippen LogP contribution in [-0.4, -0.2) is 39.0 Å². The highest BCUT2D eigenvalue weighted by Gasteiger charge is 2.53. The second-order valence-corrected chi connectivity index (χ2v) is 7.45. The van der Waals surface area contributed by atoms with Gasteiger partial charge < -0.3 is 4.90 Å². The fourth-order valence-corrected chi connectivity index (χ4v) is 3.72. The van der Waals surface area contributed by atoms with Crippen molar-refractivity contribution in [1.82, 2.24) is 10.4 Å². The van der Waals surface area contributed by atoms with E-state index in [1.807, 2.05) is 27.7 Å². The van der Waals surface area contributed by atoms with E-state index in [-0.39, 0.29) is 16.7 Å². The van der Waals surface area contributed by atoms with Crippen LogP contribution in [0.2, 0.25) is 0 Å². The minimum atomic E-state index is -0.431. The summed E-state index contributed by atoms with van der Waals surface area (Å²) in [4.78, 5) is 30.7. The molecular weight excluding hydrogens is 252 g/mol. The highest BCUT2D eigenvalue weighted by atomic mass is 32.2. The number of carbonyl (C=O) groups is 2. The fourth-order valence-electron chi connectivity index (χ4n) is 2.29. The summed E-state index contributed by atoms with van der Waals surface area (Å²) >= 11 is 1.68. The molecule has 2 aliphatic heterocycles. The number of hydrogen-bond donors (Lipinski definition) is 1. The molecule has 2 rings (SSSR count). The van der Waals surface area contributed by atoms with Gasteiger partial charge in [0.2, 0.25) is 5.91 Å². The van der Waals surface area contributed by atoms with Crippen molar-refractivity contribution in [3.05, 3.63) is 0 Å². The van der Waals surface area contributed by atoms with Crippen molar-refractivity contribution in [3.63, 3.8) is 0 Å². The van der Waals surface area contributed by atoms with E-state index in [2.05, 4.69) is 5.48 Å². The summed E-state index contributed by atoms with van der Waals surface area (Å²) in [6, 6.07) is -0.405. The Labute approximate surface area is 112 Å². The van der Waals surface area contributed by atoms with Crippen LogP contribution in [0.15, 0.2) is 0 Å². The molecule has 102 valence electrons.